The summed E-state index contributed by atoms with van der Waals surface area (Å²) in [4.78, 5) is 0. The third-order valence-electron chi connectivity index (χ3n) is 2.61. The van der Waals surface area contributed by atoms with Crippen LogP contribution in [0.4, 0.5) is 0 Å². The van der Waals surface area contributed by atoms with Crippen LogP contribution in [-0.4, -0.2) is 40.0 Å². The van der Waals surface area contributed by atoms with E-state index in [1.165, 1.54) is 4.31 Å². The molecule has 18 heavy (non-hydrogen) atoms. The zero-order chi connectivity index (χ0) is 13.6. The van der Waals surface area contributed by atoms with Crippen molar-refractivity contribution in [1.29, 1.82) is 0 Å². The minimum atomic E-state index is -3.28. The number of benzene rings is 1. The summed E-state index contributed by atoms with van der Waals surface area (Å²) in [7, 11) is -0.181. The highest BCUT2D eigenvalue weighted by molar-refractivity contribution is 7.88. The van der Waals surface area contributed by atoms with Crippen LogP contribution in [0.5, 0.6) is 0 Å². The average Bonchev–Trinajstić information content (AvgIpc) is 2.36. The Bertz CT molecular complexity index is 459. The first-order valence-corrected chi connectivity index (χ1v) is 7.70. The Labute approximate surface area is 114 Å². The van der Waals surface area contributed by atoms with Gasteiger partial charge in [-0.05, 0) is 11.1 Å². The van der Waals surface area contributed by atoms with Crippen LogP contribution in [-0.2, 0) is 26.4 Å². The summed E-state index contributed by atoms with van der Waals surface area (Å²) in [6.45, 7) is 0.750. The van der Waals surface area contributed by atoms with E-state index in [-0.39, 0.29) is 5.75 Å². The van der Waals surface area contributed by atoms with Crippen molar-refractivity contribution in [1.82, 2.24) is 4.31 Å². The number of sulfonamides is 1. The lowest BCUT2D eigenvalue weighted by molar-refractivity contribution is 0.185. The molecule has 0 N–H and O–H groups in total. The van der Waals surface area contributed by atoms with Gasteiger partial charge in [-0.3, -0.25) is 0 Å². The van der Waals surface area contributed by atoms with Crippen molar-refractivity contribution >= 4 is 21.6 Å². The van der Waals surface area contributed by atoms with Crippen molar-refractivity contribution in [3.63, 3.8) is 0 Å². The van der Waals surface area contributed by atoms with Crippen LogP contribution < -0.4 is 0 Å². The van der Waals surface area contributed by atoms with Crippen molar-refractivity contribution in [2.45, 2.75) is 11.6 Å². The van der Waals surface area contributed by atoms with Crippen LogP contribution in [0.15, 0.2) is 24.3 Å². The van der Waals surface area contributed by atoms with Gasteiger partial charge in [-0.25, -0.2) is 12.7 Å². The second-order valence-corrected chi connectivity index (χ2v) is 6.36. The number of ether oxygens (including phenoxy) is 1. The monoisotopic (exact) mass is 291 g/mol. The summed E-state index contributed by atoms with van der Waals surface area (Å²) in [5.41, 5.74) is 1.73. The highest BCUT2D eigenvalue weighted by Gasteiger charge is 2.17. The molecule has 0 heterocycles. The van der Waals surface area contributed by atoms with Crippen molar-refractivity contribution in [2.24, 2.45) is 0 Å². The second kappa shape index (κ2) is 7.09. The van der Waals surface area contributed by atoms with Gasteiger partial charge in [0.2, 0.25) is 10.0 Å². The molecule has 0 radical (unpaired) electrons. The summed E-state index contributed by atoms with van der Waals surface area (Å²) < 4.78 is 30.2. The van der Waals surface area contributed by atoms with Gasteiger partial charge in [0.15, 0.2) is 0 Å². The van der Waals surface area contributed by atoms with Gasteiger partial charge in [0.1, 0.15) is 0 Å². The first-order chi connectivity index (χ1) is 8.49. The molecule has 0 bridgehead atoms. The van der Waals surface area contributed by atoms with Crippen molar-refractivity contribution in [3.05, 3.63) is 35.4 Å². The highest BCUT2D eigenvalue weighted by atomic mass is 35.5. The van der Waals surface area contributed by atoms with E-state index in [4.69, 9.17) is 16.3 Å². The van der Waals surface area contributed by atoms with Gasteiger partial charge in [0, 0.05) is 26.6 Å². The van der Waals surface area contributed by atoms with E-state index in [0.29, 0.717) is 19.0 Å². The molecule has 4 nitrogen and oxygen atoms in total. The number of halogens is 1. The Kier molecular flexibility index (Phi) is 6.08. The van der Waals surface area contributed by atoms with Gasteiger partial charge < -0.3 is 4.74 Å². The molecule has 0 amide bonds. The normalized spacial score (nSPS) is 12.0. The molecule has 1 rings (SSSR count). The number of hydrogen-bond acceptors (Lipinski definition) is 3. The molecule has 0 spiro atoms. The van der Waals surface area contributed by atoms with E-state index in [1.54, 1.807) is 26.3 Å². The Hall–Kier alpha value is -0.620. The lowest BCUT2D eigenvalue weighted by Crippen LogP contribution is -2.31. The molecule has 0 aliphatic heterocycles. The fourth-order valence-electron chi connectivity index (χ4n) is 1.40. The molecule has 0 fully saturated rings. The predicted molar refractivity (Wildman–Crippen MR) is 73.1 cm³/mol. The maximum atomic E-state index is 12.0. The van der Waals surface area contributed by atoms with Crippen molar-refractivity contribution in [3.8, 4) is 0 Å². The predicted octanol–water partition coefficient (Wildman–Crippen LogP) is 1.83. The maximum absolute atomic E-state index is 12.0. The Balaban J connectivity index is 2.69. The third-order valence-corrected chi connectivity index (χ3v) is 4.75. The standard InChI is InChI=1S/C12H18ClNO3S/c1-14(7-8-17-2)18(15,16)10-12-5-3-11(9-13)4-6-12/h3-6H,7-10H2,1-2H3. The zero-order valence-corrected chi connectivity index (χ0v) is 12.2. The van der Waals surface area contributed by atoms with Gasteiger partial charge in [-0.2, -0.15) is 0 Å². The van der Waals surface area contributed by atoms with Crippen molar-refractivity contribution < 1.29 is 13.2 Å². The quantitative estimate of drug-likeness (QED) is 0.720. The fourth-order valence-corrected chi connectivity index (χ4v) is 2.77. The van der Waals surface area contributed by atoms with E-state index >= 15 is 0 Å². The Morgan fingerprint density at radius 3 is 2.28 bits per heavy atom. The van der Waals surface area contributed by atoms with Crippen LogP contribution in [0, 0.1) is 0 Å². The number of nitrogens with zero attached hydrogens (tertiary/aromatic N) is 1. The number of rotatable bonds is 7. The smallest absolute Gasteiger partial charge is 0.218 e. The number of alkyl halides is 1. The molecule has 0 saturated carbocycles. The molecule has 0 aliphatic carbocycles. The largest absolute Gasteiger partial charge is 0.383 e. The van der Waals surface area contributed by atoms with Gasteiger partial charge in [0.05, 0.1) is 12.4 Å². The van der Waals surface area contributed by atoms with E-state index in [1.807, 2.05) is 12.1 Å². The molecular weight excluding hydrogens is 274 g/mol. The number of methoxy groups -OCH3 is 1. The molecule has 0 atom stereocenters. The van der Waals surface area contributed by atoms with Gasteiger partial charge in [0.25, 0.3) is 0 Å². The lowest BCUT2D eigenvalue weighted by Gasteiger charge is -2.16. The molecule has 102 valence electrons. The summed E-state index contributed by atoms with van der Waals surface area (Å²) in [5.74, 6) is 0.427. The minimum Gasteiger partial charge on any atom is -0.383 e. The second-order valence-electron chi connectivity index (χ2n) is 4.02. The van der Waals surface area contributed by atoms with Gasteiger partial charge in [-0.15, -0.1) is 11.6 Å². The molecule has 0 aliphatic rings. The molecule has 6 heteroatoms. The summed E-state index contributed by atoms with van der Waals surface area (Å²) in [6.07, 6.45) is 0. The van der Waals surface area contributed by atoms with Crippen LogP contribution in [0.25, 0.3) is 0 Å². The Morgan fingerprint density at radius 2 is 1.78 bits per heavy atom. The summed E-state index contributed by atoms with van der Waals surface area (Å²) in [5, 5.41) is 0. The van der Waals surface area contributed by atoms with Crippen LogP contribution in [0.3, 0.4) is 0 Å². The minimum absolute atomic E-state index is 0.00419. The molecular formula is C12H18ClNO3S. The molecule has 0 aromatic heterocycles. The molecule has 0 unspecified atom stereocenters. The van der Waals surface area contributed by atoms with Gasteiger partial charge in [-0.1, -0.05) is 24.3 Å². The first-order valence-electron chi connectivity index (χ1n) is 5.56. The van der Waals surface area contributed by atoms with Crippen molar-refractivity contribution in [2.75, 3.05) is 27.3 Å². The summed E-state index contributed by atoms with van der Waals surface area (Å²) >= 11 is 5.68. The topological polar surface area (TPSA) is 46.6 Å². The zero-order valence-electron chi connectivity index (χ0n) is 10.6. The molecule has 0 saturated heterocycles. The highest BCUT2D eigenvalue weighted by Crippen LogP contribution is 2.12. The average molecular weight is 292 g/mol. The molecule has 1 aromatic rings. The van der Waals surface area contributed by atoms with Crippen LogP contribution in [0.1, 0.15) is 11.1 Å². The summed E-state index contributed by atoms with van der Waals surface area (Å²) in [6, 6.07) is 7.26. The van der Waals surface area contributed by atoms with Gasteiger partial charge >= 0.3 is 0 Å². The Morgan fingerprint density at radius 1 is 1.22 bits per heavy atom. The third kappa shape index (κ3) is 4.57. The van der Waals surface area contributed by atoms with E-state index in [0.717, 1.165) is 11.1 Å². The lowest BCUT2D eigenvalue weighted by atomic mass is 10.2. The number of likely N-dealkylation sites (N-methyl/N-ethyl adjacent to an activating group) is 1. The van der Waals surface area contributed by atoms with E-state index in [2.05, 4.69) is 0 Å². The van der Waals surface area contributed by atoms with Crippen LogP contribution >= 0.6 is 11.6 Å². The first kappa shape index (κ1) is 15.4. The maximum Gasteiger partial charge on any atom is 0.218 e. The fraction of sp³-hybridized carbons (Fsp3) is 0.500. The van der Waals surface area contributed by atoms with E-state index in [9.17, 15) is 8.42 Å². The molecule has 1 aromatic carbocycles. The van der Waals surface area contributed by atoms with E-state index < -0.39 is 10.0 Å². The number of hydrogen-bond donors (Lipinski definition) is 0. The van der Waals surface area contributed by atoms with Crippen LogP contribution in [0.2, 0.25) is 0 Å². The SMILES string of the molecule is COCCN(C)S(=O)(=O)Cc1ccc(CCl)cc1.